The van der Waals surface area contributed by atoms with Gasteiger partial charge in [-0.15, -0.1) is 35.3 Å². The molecule has 1 atom stereocenters. The first-order valence-electron chi connectivity index (χ1n) is 8.16. The molecule has 0 saturated carbocycles. The number of hydrogen-bond donors (Lipinski definition) is 2. The van der Waals surface area contributed by atoms with Gasteiger partial charge < -0.3 is 11.1 Å². The van der Waals surface area contributed by atoms with Gasteiger partial charge in [-0.05, 0) is 30.7 Å². The number of guanidine groups is 1. The summed E-state index contributed by atoms with van der Waals surface area (Å²) in [7, 11) is -0.285. The highest BCUT2D eigenvalue weighted by Crippen LogP contribution is 2.21. The summed E-state index contributed by atoms with van der Waals surface area (Å²) in [6.07, 6.45) is 3.63. The number of nitrogens with one attached hydrogen (secondary N) is 1. The number of rotatable bonds is 7. The molecule has 2 rings (SSSR count). The number of thiophene rings is 1. The third-order valence-corrected chi connectivity index (χ3v) is 6.99. The molecule has 10 heteroatoms. The SMILES string of the molecule is CN(C)S(=O)(=O)N1CCCCC1CN=C(N)NCCc1cccs1.I. The molecule has 0 radical (unpaired) electrons. The highest BCUT2D eigenvalue weighted by Gasteiger charge is 2.33. The lowest BCUT2D eigenvalue weighted by Crippen LogP contribution is -2.50. The van der Waals surface area contributed by atoms with Crippen molar-refractivity contribution in [3.8, 4) is 0 Å². The van der Waals surface area contributed by atoms with Crippen LogP contribution < -0.4 is 11.1 Å². The van der Waals surface area contributed by atoms with Crippen molar-refractivity contribution < 1.29 is 8.42 Å². The maximum Gasteiger partial charge on any atom is 0.281 e. The molecule has 144 valence electrons. The van der Waals surface area contributed by atoms with Crippen molar-refractivity contribution in [2.45, 2.75) is 31.7 Å². The molecule has 1 aromatic heterocycles. The Morgan fingerprint density at radius 1 is 1.48 bits per heavy atom. The van der Waals surface area contributed by atoms with Gasteiger partial charge in [0, 0.05) is 38.1 Å². The Bertz CT molecular complexity index is 634. The van der Waals surface area contributed by atoms with Crippen LogP contribution in [0.2, 0.25) is 0 Å². The first-order valence-corrected chi connectivity index (χ1v) is 10.4. The van der Waals surface area contributed by atoms with Crippen LogP contribution in [-0.2, 0) is 16.6 Å². The van der Waals surface area contributed by atoms with Gasteiger partial charge in [0.15, 0.2) is 5.96 Å². The van der Waals surface area contributed by atoms with Crippen LogP contribution in [-0.4, -0.2) is 62.8 Å². The van der Waals surface area contributed by atoms with Gasteiger partial charge in [0.2, 0.25) is 0 Å². The maximum atomic E-state index is 12.4. The molecule has 2 heterocycles. The molecule has 1 aliphatic rings. The average Bonchev–Trinajstić information content (AvgIpc) is 3.06. The number of nitrogens with two attached hydrogens (primary N) is 1. The fourth-order valence-corrected chi connectivity index (χ4v) is 4.74. The molecule has 1 aliphatic heterocycles. The van der Waals surface area contributed by atoms with Gasteiger partial charge in [-0.3, -0.25) is 4.99 Å². The molecule has 3 N–H and O–H groups in total. The van der Waals surface area contributed by atoms with Crippen molar-refractivity contribution in [2.24, 2.45) is 10.7 Å². The van der Waals surface area contributed by atoms with Gasteiger partial charge in [-0.2, -0.15) is 17.0 Å². The molecular weight excluding hydrogens is 473 g/mol. The molecule has 0 aliphatic carbocycles. The summed E-state index contributed by atoms with van der Waals surface area (Å²) >= 11 is 1.72. The van der Waals surface area contributed by atoms with E-state index in [1.165, 1.54) is 9.18 Å². The van der Waals surface area contributed by atoms with Crippen molar-refractivity contribution in [3.63, 3.8) is 0 Å². The number of halogens is 1. The zero-order valence-electron chi connectivity index (χ0n) is 14.7. The number of nitrogens with zero attached hydrogens (tertiary/aromatic N) is 3. The standard InChI is InChI=1S/C15H27N5O2S2.HI/c1-19(2)24(21,22)20-10-4-3-6-13(20)12-18-15(16)17-9-8-14-7-5-11-23-14;/h5,7,11,13H,3-4,6,8-10,12H2,1-2H3,(H3,16,17,18);1H. The topological polar surface area (TPSA) is 91.0 Å². The van der Waals surface area contributed by atoms with Crippen LogP contribution in [0.15, 0.2) is 22.5 Å². The van der Waals surface area contributed by atoms with Crippen LogP contribution in [0.3, 0.4) is 0 Å². The van der Waals surface area contributed by atoms with E-state index >= 15 is 0 Å². The van der Waals surface area contributed by atoms with E-state index in [1.807, 2.05) is 6.07 Å². The summed E-state index contributed by atoms with van der Waals surface area (Å²) in [4.78, 5) is 5.65. The second-order valence-corrected chi connectivity index (χ2v) is 9.16. The summed E-state index contributed by atoms with van der Waals surface area (Å²) in [6.45, 7) is 1.66. The van der Waals surface area contributed by atoms with E-state index < -0.39 is 10.2 Å². The van der Waals surface area contributed by atoms with Crippen molar-refractivity contribution in [1.82, 2.24) is 13.9 Å². The Kier molecular flexibility index (Phi) is 9.64. The van der Waals surface area contributed by atoms with Gasteiger partial charge in [0.25, 0.3) is 10.2 Å². The minimum atomic E-state index is -3.41. The van der Waals surface area contributed by atoms with E-state index in [4.69, 9.17) is 5.73 Å². The summed E-state index contributed by atoms with van der Waals surface area (Å²) in [5, 5.41) is 5.14. The highest BCUT2D eigenvalue weighted by atomic mass is 127. The molecule has 0 aromatic carbocycles. The van der Waals surface area contributed by atoms with E-state index in [2.05, 4.69) is 21.8 Å². The minimum Gasteiger partial charge on any atom is -0.370 e. The summed E-state index contributed by atoms with van der Waals surface area (Å²) in [5.74, 6) is 0.374. The Morgan fingerprint density at radius 2 is 2.24 bits per heavy atom. The van der Waals surface area contributed by atoms with Crippen molar-refractivity contribution in [3.05, 3.63) is 22.4 Å². The van der Waals surface area contributed by atoms with Crippen LogP contribution in [0.5, 0.6) is 0 Å². The Morgan fingerprint density at radius 3 is 2.88 bits per heavy atom. The van der Waals surface area contributed by atoms with E-state index in [9.17, 15) is 8.42 Å². The molecular formula is C15H28IN5O2S2. The van der Waals surface area contributed by atoms with Gasteiger partial charge >= 0.3 is 0 Å². The van der Waals surface area contributed by atoms with E-state index in [0.717, 1.165) is 32.2 Å². The monoisotopic (exact) mass is 501 g/mol. The Balaban J connectivity index is 0.00000312. The fraction of sp³-hybridized carbons (Fsp3) is 0.667. The highest BCUT2D eigenvalue weighted by molar-refractivity contribution is 14.0. The summed E-state index contributed by atoms with van der Waals surface area (Å²) in [5.41, 5.74) is 5.91. The fourth-order valence-electron chi connectivity index (χ4n) is 2.70. The van der Waals surface area contributed by atoms with Crippen LogP contribution in [0.25, 0.3) is 0 Å². The van der Waals surface area contributed by atoms with Crippen LogP contribution in [0.4, 0.5) is 0 Å². The van der Waals surface area contributed by atoms with E-state index in [1.54, 1.807) is 29.7 Å². The predicted octanol–water partition coefficient (Wildman–Crippen LogP) is 1.47. The van der Waals surface area contributed by atoms with Gasteiger partial charge in [-0.25, -0.2) is 0 Å². The molecule has 1 fully saturated rings. The number of aliphatic imine (C=N–C) groups is 1. The smallest absolute Gasteiger partial charge is 0.281 e. The molecule has 0 spiro atoms. The van der Waals surface area contributed by atoms with Crippen LogP contribution in [0.1, 0.15) is 24.1 Å². The zero-order valence-corrected chi connectivity index (χ0v) is 18.7. The van der Waals surface area contributed by atoms with E-state index in [0.29, 0.717) is 19.0 Å². The van der Waals surface area contributed by atoms with Crippen molar-refractivity contribution >= 4 is 51.5 Å². The number of hydrogen-bond acceptors (Lipinski definition) is 4. The third-order valence-electron chi connectivity index (χ3n) is 4.06. The third kappa shape index (κ3) is 6.66. The lowest BCUT2D eigenvalue weighted by atomic mass is 10.1. The lowest BCUT2D eigenvalue weighted by molar-refractivity contribution is 0.245. The molecule has 25 heavy (non-hydrogen) atoms. The quantitative estimate of drug-likeness (QED) is 0.337. The summed E-state index contributed by atoms with van der Waals surface area (Å²) < 4.78 is 27.6. The van der Waals surface area contributed by atoms with Crippen LogP contribution >= 0.6 is 35.3 Å². The predicted molar refractivity (Wildman–Crippen MR) is 115 cm³/mol. The molecule has 0 bridgehead atoms. The molecule has 7 nitrogen and oxygen atoms in total. The van der Waals surface area contributed by atoms with Gasteiger partial charge in [-0.1, -0.05) is 12.5 Å². The molecule has 0 amide bonds. The first kappa shape index (κ1) is 22.6. The Labute approximate surface area is 171 Å². The van der Waals surface area contributed by atoms with Gasteiger partial charge in [0.05, 0.1) is 6.54 Å². The van der Waals surface area contributed by atoms with Crippen LogP contribution in [0, 0.1) is 0 Å². The van der Waals surface area contributed by atoms with Gasteiger partial charge in [0.1, 0.15) is 0 Å². The second kappa shape index (κ2) is 10.7. The average molecular weight is 501 g/mol. The Hall–Kier alpha value is -0.430. The van der Waals surface area contributed by atoms with E-state index in [-0.39, 0.29) is 30.0 Å². The molecule has 1 unspecified atom stereocenters. The molecule has 1 saturated heterocycles. The largest absolute Gasteiger partial charge is 0.370 e. The second-order valence-electron chi connectivity index (χ2n) is 6.03. The van der Waals surface area contributed by atoms with Crippen molar-refractivity contribution in [2.75, 3.05) is 33.7 Å². The normalized spacial score (nSPS) is 19.6. The number of piperidine rings is 1. The lowest BCUT2D eigenvalue weighted by Gasteiger charge is -2.35. The minimum absolute atomic E-state index is 0. The maximum absolute atomic E-state index is 12.4. The van der Waals surface area contributed by atoms with Crippen molar-refractivity contribution in [1.29, 1.82) is 0 Å². The first-order chi connectivity index (χ1) is 11.4. The zero-order chi connectivity index (χ0) is 17.6. The summed E-state index contributed by atoms with van der Waals surface area (Å²) in [6, 6.07) is 4.00. The molecule has 1 aromatic rings.